The van der Waals surface area contributed by atoms with Crippen molar-refractivity contribution < 1.29 is 4.21 Å². The van der Waals surface area contributed by atoms with Crippen molar-refractivity contribution in [3.63, 3.8) is 0 Å². The minimum absolute atomic E-state index is 0.402. The summed E-state index contributed by atoms with van der Waals surface area (Å²) in [6.07, 6.45) is 4.59. The van der Waals surface area contributed by atoms with E-state index in [0.717, 1.165) is 12.0 Å². The molecule has 0 aliphatic rings. The Kier molecular flexibility index (Phi) is 7.09. The Morgan fingerprint density at radius 3 is 2.65 bits per heavy atom. The van der Waals surface area contributed by atoms with Gasteiger partial charge in [-0.05, 0) is 23.5 Å². The largest absolute Gasteiger partial charge is 0.235 e. The molecule has 1 aromatic rings. The van der Waals surface area contributed by atoms with Crippen LogP contribution in [-0.2, 0) is 17.4 Å². The van der Waals surface area contributed by atoms with Crippen LogP contribution in [0.2, 0.25) is 13.1 Å². The van der Waals surface area contributed by atoms with Gasteiger partial charge in [0, 0.05) is 12.0 Å². The number of nitrogens with zero attached hydrogens (tertiary/aromatic N) is 1. The summed E-state index contributed by atoms with van der Waals surface area (Å²) in [6, 6.07) is 6.42. The summed E-state index contributed by atoms with van der Waals surface area (Å²) >= 11 is 0. The highest BCUT2D eigenvalue weighted by Crippen LogP contribution is 2.05. The second kappa shape index (κ2) is 8.32. The van der Waals surface area contributed by atoms with Gasteiger partial charge in [0.1, 0.15) is 11.0 Å². The maximum Gasteiger partial charge on any atom is 0.139 e. The van der Waals surface area contributed by atoms with E-state index < -0.39 is 19.8 Å². The van der Waals surface area contributed by atoms with E-state index in [9.17, 15) is 4.21 Å². The molecule has 0 aliphatic carbocycles. The molecule has 1 rings (SSSR count). The van der Waals surface area contributed by atoms with Crippen molar-refractivity contribution in [3.8, 4) is 0 Å². The van der Waals surface area contributed by atoms with Gasteiger partial charge < -0.3 is 0 Å². The zero-order valence-corrected chi connectivity index (χ0v) is 14.7. The van der Waals surface area contributed by atoms with Crippen LogP contribution in [0, 0.1) is 5.92 Å². The highest BCUT2D eigenvalue weighted by atomic mass is 32.2. The molecule has 20 heavy (non-hydrogen) atoms. The summed E-state index contributed by atoms with van der Waals surface area (Å²) in [5, 5.41) is 1.35. The molecular formula is C16H24NOSSi. The lowest BCUT2D eigenvalue weighted by molar-refractivity contribution is 0.666. The molecule has 0 spiro atoms. The fourth-order valence-electron chi connectivity index (χ4n) is 1.89. The molecule has 0 saturated heterocycles. The highest BCUT2D eigenvalue weighted by molar-refractivity contribution is 7.83. The van der Waals surface area contributed by atoms with Crippen LogP contribution >= 0.6 is 0 Å². The first-order chi connectivity index (χ1) is 9.43. The van der Waals surface area contributed by atoms with Gasteiger partial charge in [0.05, 0.1) is 8.80 Å². The number of benzene rings is 1. The van der Waals surface area contributed by atoms with E-state index in [1.165, 1.54) is 10.8 Å². The van der Waals surface area contributed by atoms with Gasteiger partial charge in [-0.2, -0.15) is 4.40 Å². The standard InChI is InChI=1S/C16H24NOSSi/c1-6-7-14-8-9-15(16(10-14)20(4)5)11-17-19(18)12-13(2)3/h6,8-11,13H,1,7,12H2,2-5H3/b17-11+. The molecule has 1 radical (unpaired) electrons. The van der Waals surface area contributed by atoms with Crippen molar-refractivity contribution in [2.24, 2.45) is 10.3 Å². The fourth-order valence-corrected chi connectivity index (χ4v) is 3.97. The average molecular weight is 307 g/mol. The lowest BCUT2D eigenvalue weighted by atomic mass is 10.1. The zero-order chi connectivity index (χ0) is 15.1. The fraction of sp³-hybridized carbons (Fsp3) is 0.438. The summed E-state index contributed by atoms with van der Waals surface area (Å²) in [6.45, 7) is 12.4. The smallest absolute Gasteiger partial charge is 0.139 e. The van der Waals surface area contributed by atoms with Crippen molar-refractivity contribution in [1.82, 2.24) is 0 Å². The summed E-state index contributed by atoms with van der Waals surface area (Å²) in [7, 11) is -1.69. The minimum Gasteiger partial charge on any atom is -0.235 e. The third-order valence-corrected chi connectivity index (χ3v) is 5.62. The number of hydrogen-bond acceptors (Lipinski definition) is 1. The van der Waals surface area contributed by atoms with Crippen LogP contribution in [0.15, 0.2) is 35.3 Å². The Bertz CT molecular complexity index is 509. The van der Waals surface area contributed by atoms with E-state index in [4.69, 9.17) is 0 Å². The van der Waals surface area contributed by atoms with Crippen LogP contribution in [0.1, 0.15) is 25.0 Å². The molecule has 0 bridgehead atoms. The van der Waals surface area contributed by atoms with E-state index in [2.05, 4.69) is 56.1 Å². The quantitative estimate of drug-likeness (QED) is 0.432. The van der Waals surface area contributed by atoms with E-state index >= 15 is 0 Å². The van der Waals surface area contributed by atoms with E-state index in [-0.39, 0.29) is 0 Å². The first kappa shape index (κ1) is 17.0. The third kappa shape index (κ3) is 5.55. The lowest BCUT2D eigenvalue weighted by Gasteiger charge is -2.10. The Morgan fingerprint density at radius 1 is 1.40 bits per heavy atom. The van der Waals surface area contributed by atoms with Gasteiger partial charge in [-0.15, -0.1) is 6.58 Å². The van der Waals surface area contributed by atoms with Gasteiger partial charge in [-0.1, -0.05) is 56.4 Å². The first-order valence-electron chi connectivity index (χ1n) is 6.91. The van der Waals surface area contributed by atoms with E-state index in [1.807, 2.05) is 6.08 Å². The highest BCUT2D eigenvalue weighted by Gasteiger charge is 2.08. The van der Waals surface area contributed by atoms with Gasteiger partial charge in [0.15, 0.2) is 0 Å². The summed E-state index contributed by atoms with van der Waals surface area (Å²) in [4.78, 5) is 0. The topological polar surface area (TPSA) is 29.4 Å². The Labute approximate surface area is 127 Å². The van der Waals surface area contributed by atoms with Crippen LogP contribution < -0.4 is 5.19 Å². The van der Waals surface area contributed by atoms with Crippen LogP contribution in [0.4, 0.5) is 0 Å². The molecule has 0 heterocycles. The number of rotatable bonds is 7. The van der Waals surface area contributed by atoms with Gasteiger partial charge in [-0.25, -0.2) is 4.21 Å². The molecule has 1 atom stereocenters. The van der Waals surface area contributed by atoms with Crippen molar-refractivity contribution >= 4 is 31.2 Å². The SMILES string of the molecule is C=CCc1ccc(/C=N/S(=O)CC(C)C)c([Si](C)C)c1. The maximum atomic E-state index is 11.8. The van der Waals surface area contributed by atoms with Crippen molar-refractivity contribution in [2.45, 2.75) is 33.4 Å². The van der Waals surface area contributed by atoms with Gasteiger partial charge >= 0.3 is 0 Å². The van der Waals surface area contributed by atoms with Crippen LogP contribution in [0.25, 0.3) is 0 Å². The van der Waals surface area contributed by atoms with Crippen molar-refractivity contribution in [1.29, 1.82) is 0 Å². The predicted molar refractivity (Wildman–Crippen MR) is 92.9 cm³/mol. The summed E-state index contributed by atoms with van der Waals surface area (Å²) in [5.74, 6) is 1.02. The molecule has 1 aromatic carbocycles. The Hall–Kier alpha value is -1.00. The molecule has 1 unspecified atom stereocenters. The molecule has 109 valence electrons. The Balaban J connectivity index is 2.96. The third-order valence-electron chi connectivity index (χ3n) is 2.82. The molecule has 0 aliphatic heterocycles. The van der Waals surface area contributed by atoms with Crippen molar-refractivity contribution in [3.05, 3.63) is 42.0 Å². The molecule has 0 fully saturated rings. The summed E-state index contributed by atoms with van der Waals surface area (Å²) < 4.78 is 16.0. The zero-order valence-electron chi connectivity index (χ0n) is 12.8. The van der Waals surface area contributed by atoms with Gasteiger partial charge in [0.25, 0.3) is 0 Å². The minimum atomic E-state index is -1.12. The van der Waals surface area contributed by atoms with E-state index in [1.54, 1.807) is 6.21 Å². The second-order valence-corrected chi connectivity index (χ2v) is 9.26. The molecule has 0 aromatic heterocycles. The Morgan fingerprint density at radius 2 is 2.10 bits per heavy atom. The van der Waals surface area contributed by atoms with Crippen molar-refractivity contribution in [2.75, 3.05) is 5.75 Å². The second-order valence-electron chi connectivity index (χ2n) is 5.53. The molecule has 4 heteroatoms. The predicted octanol–water partition coefficient (Wildman–Crippen LogP) is 3.12. The van der Waals surface area contributed by atoms with Crippen LogP contribution in [0.5, 0.6) is 0 Å². The molecule has 0 saturated carbocycles. The molecule has 0 N–H and O–H groups in total. The summed E-state index contributed by atoms with van der Waals surface area (Å²) in [5.41, 5.74) is 2.38. The molecule has 2 nitrogen and oxygen atoms in total. The normalized spacial score (nSPS) is 13.3. The number of allylic oxidation sites excluding steroid dienone is 1. The van der Waals surface area contributed by atoms with Gasteiger partial charge in [-0.3, -0.25) is 0 Å². The maximum absolute atomic E-state index is 11.8. The molecular weight excluding hydrogens is 282 g/mol. The van der Waals surface area contributed by atoms with E-state index in [0.29, 0.717) is 11.7 Å². The lowest BCUT2D eigenvalue weighted by Crippen LogP contribution is -2.27. The number of hydrogen-bond donors (Lipinski definition) is 0. The van der Waals surface area contributed by atoms with Crippen LogP contribution in [-0.4, -0.2) is 25.0 Å². The monoisotopic (exact) mass is 306 g/mol. The molecule has 0 amide bonds. The first-order valence-corrected chi connectivity index (χ1v) is 10.7. The van der Waals surface area contributed by atoms with Gasteiger partial charge in [0.2, 0.25) is 0 Å². The van der Waals surface area contributed by atoms with Crippen LogP contribution in [0.3, 0.4) is 0 Å². The average Bonchev–Trinajstić information content (AvgIpc) is 2.36.